The molecule has 0 saturated carbocycles. The van der Waals surface area contributed by atoms with Crippen LogP contribution in [0.15, 0.2) is 24.4 Å². The summed E-state index contributed by atoms with van der Waals surface area (Å²) in [5, 5.41) is 16.9. The Morgan fingerprint density at radius 1 is 1.48 bits per heavy atom. The van der Waals surface area contributed by atoms with Crippen molar-refractivity contribution in [2.45, 2.75) is 18.6 Å². The first-order valence-corrected chi connectivity index (χ1v) is 6.60. The Hall–Kier alpha value is -2.41. The molecule has 21 heavy (non-hydrogen) atoms. The van der Waals surface area contributed by atoms with Crippen LogP contribution in [-0.2, 0) is 9.53 Å². The Morgan fingerprint density at radius 2 is 2.29 bits per heavy atom. The maximum absolute atomic E-state index is 12.6. The van der Waals surface area contributed by atoms with Gasteiger partial charge in [0.05, 0.1) is 17.8 Å². The Bertz CT molecular complexity index is 696. The van der Waals surface area contributed by atoms with Crippen molar-refractivity contribution in [3.05, 3.63) is 30.0 Å². The summed E-state index contributed by atoms with van der Waals surface area (Å²) in [6.07, 6.45) is 1.73. The zero-order valence-corrected chi connectivity index (χ0v) is 11.4. The molecule has 7 heteroatoms. The number of hydrogen-bond donors (Lipinski definition) is 2. The molecule has 1 aromatic carbocycles. The summed E-state index contributed by atoms with van der Waals surface area (Å²) in [5.41, 5.74) is 1.19. The Morgan fingerprint density at radius 3 is 3.00 bits per heavy atom. The molecular formula is C14H15N3O4. The minimum atomic E-state index is -1.01. The molecule has 7 nitrogen and oxygen atoms in total. The molecule has 3 rings (SSSR count). The van der Waals surface area contributed by atoms with Crippen LogP contribution < -0.4 is 0 Å². The molecule has 2 atom stereocenters. The number of nitrogens with zero attached hydrogens (tertiary/aromatic N) is 2. The second-order valence-corrected chi connectivity index (χ2v) is 5.08. The van der Waals surface area contributed by atoms with Crippen molar-refractivity contribution < 1.29 is 19.4 Å². The fourth-order valence-electron chi connectivity index (χ4n) is 2.66. The first-order valence-electron chi connectivity index (χ1n) is 6.60. The molecule has 0 radical (unpaired) electrons. The van der Waals surface area contributed by atoms with Gasteiger partial charge in [-0.1, -0.05) is 6.07 Å². The summed E-state index contributed by atoms with van der Waals surface area (Å²) < 4.78 is 5.19. The molecule has 1 aromatic heterocycles. The Labute approximate surface area is 120 Å². The number of fused-ring (bicyclic) bond motifs is 1. The number of amides is 1. The van der Waals surface area contributed by atoms with Gasteiger partial charge in [-0.2, -0.15) is 5.10 Å². The third-order valence-electron chi connectivity index (χ3n) is 3.83. The summed E-state index contributed by atoms with van der Waals surface area (Å²) in [7, 11) is 1.52. The van der Waals surface area contributed by atoms with Gasteiger partial charge in [0, 0.05) is 31.0 Å². The van der Waals surface area contributed by atoms with Crippen molar-refractivity contribution in [1.29, 1.82) is 0 Å². The van der Waals surface area contributed by atoms with E-state index in [1.54, 1.807) is 24.4 Å². The van der Waals surface area contributed by atoms with Gasteiger partial charge in [0.2, 0.25) is 0 Å². The highest BCUT2D eigenvalue weighted by atomic mass is 16.5. The highest BCUT2D eigenvalue weighted by molar-refractivity contribution is 5.99. The van der Waals surface area contributed by atoms with E-state index in [9.17, 15) is 14.7 Å². The predicted molar refractivity (Wildman–Crippen MR) is 74.0 cm³/mol. The summed E-state index contributed by atoms with van der Waals surface area (Å²) in [5.74, 6) is -1.32. The molecule has 110 valence electrons. The first-order chi connectivity index (χ1) is 10.1. The molecule has 2 heterocycles. The summed E-state index contributed by atoms with van der Waals surface area (Å²) in [4.78, 5) is 25.2. The number of aromatic nitrogens is 2. The Kier molecular flexibility index (Phi) is 3.34. The quantitative estimate of drug-likeness (QED) is 0.874. The van der Waals surface area contributed by atoms with Crippen LogP contribution in [0, 0.1) is 0 Å². The van der Waals surface area contributed by atoms with E-state index in [1.165, 1.54) is 12.0 Å². The number of carboxylic acid groups (broad SMARTS) is 1. The second kappa shape index (κ2) is 5.17. The molecular weight excluding hydrogens is 274 g/mol. The fraction of sp³-hybridized carbons (Fsp3) is 0.357. The molecule has 0 spiro atoms. The highest BCUT2D eigenvalue weighted by Crippen LogP contribution is 2.23. The third kappa shape index (κ3) is 2.36. The molecule has 1 fully saturated rings. The van der Waals surface area contributed by atoms with Gasteiger partial charge in [-0.05, 0) is 12.1 Å². The lowest BCUT2D eigenvalue weighted by molar-refractivity contribution is -0.141. The van der Waals surface area contributed by atoms with Gasteiger partial charge in [0.1, 0.15) is 6.04 Å². The largest absolute Gasteiger partial charge is 0.480 e. The van der Waals surface area contributed by atoms with Gasteiger partial charge in [0.15, 0.2) is 0 Å². The molecule has 2 N–H and O–H groups in total. The van der Waals surface area contributed by atoms with E-state index in [2.05, 4.69) is 10.2 Å². The van der Waals surface area contributed by atoms with Crippen molar-refractivity contribution in [2.75, 3.05) is 13.7 Å². The minimum Gasteiger partial charge on any atom is -0.480 e. The molecule has 0 unspecified atom stereocenters. The number of benzene rings is 1. The number of likely N-dealkylation sites (tertiary alicyclic amines) is 1. The maximum Gasteiger partial charge on any atom is 0.326 e. The van der Waals surface area contributed by atoms with Crippen LogP contribution in [0.4, 0.5) is 0 Å². The zero-order chi connectivity index (χ0) is 15.0. The number of carbonyl (C=O) groups excluding carboxylic acids is 1. The number of rotatable bonds is 3. The highest BCUT2D eigenvalue weighted by Gasteiger charge is 2.40. The van der Waals surface area contributed by atoms with Crippen molar-refractivity contribution in [2.24, 2.45) is 0 Å². The number of aromatic amines is 1. The number of aliphatic carboxylic acids is 1. The predicted octanol–water partition coefficient (Wildman–Crippen LogP) is 0.877. The van der Waals surface area contributed by atoms with Gasteiger partial charge < -0.3 is 14.7 Å². The lowest BCUT2D eigenvalue weighted by Gasteiger charge is -2.21. The standard InChI is InChI=1S/C14H15N3O4/c1-21-10-5-12(14(19)20)17(7-10)13(18)8-2-3-9-6-15-16-11(9)4-8/h2-4,6,10,12H,5,7H2,1H3,(H,15,16)(H,19,20)/t10-,12+/m0/s1. The third-order valence-corrected chi connectivity index (χ3v) is 3.83. The SMILES string of the molecule is CO[C@H]1C[C@H](C(=O)O)N(C(=O)c2ccc3cn[nH]c3c2)C1. The average Bonchev–Trinajstić information content (AvgIpc) is 3.11. The molecule has 1 saturated heterocycles. The van der Waals surface area contributed by atoms with Crippen molar-refractivity contribution >= 4 is 22.8 Å². The molecule has 1 aliphatic heterocycles. The molecule has 2 aromatic rings. The number of ether oxygens (including phenoxy) is 1. The number of carboxylic acids is 1. The maximum atomic E-state index is 12.6. The number of nitrogens with one attached hydrogen (secondary N) is 1. The number of hydrogen-bond acceptors (Lipinski definition) is 4. The van der Waals surface area contributed by atoms with Crippen LogP contribution in [0.25, 0.3) is 10.9 Å². The van der Waals surface area contributed by atoms with E-state index in [-0.39, 0.29) is 18.6 Å². The summed E-state index contributed by atoms with van der Waals surface area (Å²) in [6, 6.07) is 4.30. The van der Waals surface area contributed by atoms with Crippen LogP contribution >= 0.6 is 0 Å². The van der Waals surface area contributed by atoms with Crippen molar-refractivity contribution in [3.63, 3.8) is 0 Å². The average molecular weight is 289 g/mol. The number of carbonyl (C=O) groups is 2. The Balaban J connectivity index is 1.90. The normalized spacial score (nSPS) is 21.9. The van der Waals surface area contributed by atoms with Crippen LogP contribution in [0.2, 0.25) is 0 Å². The van der Waals surface area contributed by atoms with Crippen molar-refractivity contribution in [1.82, 2.24) is 15.1 Å². The van der Waals surface area contributed by atoms with E-state index in [0.29, 0.717) is 12.0 Å². The van der Waals surface area contributed by atoms with Crippen LogP contribution in [0.3, 0.4) is 0 Å². The number of H-pyrrole nitrogens is 1. The molecule has 1 aliphatic rings. The van der Waals surface area contributed by atoms with Gasteiger partial charge in [0.25, 0.3) is 5.91 Å². The van der Waals surface area contributed by atoms with Gasteiger partial charge >= 0.3 is 5.97 Å². The lowest BCUT2D eigenvalue weighted by atomic mass is 10.1. The second-order valence-electron chi connectivity index (χ2n) is 5.08. The van der Waals surface area contributed by atoms with E-state index >= 15 is 0 Å². The first kappa shape index (κ1) is 13.6. The lowest BCUT2D eigenvalue weighted by Crippen LogP contribution is -2.40. The molecule has 1 amide bonds. The van der Waals surface area contributed by atoms with E-state index in [0.717, 1.165) is 10.9 Å². The van der Waals surface area contributed by atoms with Gasteiger partial charge in [-0.25, -0.2) is 4.79 Å². The van der Waals surface area contributed by atoms with E-state index in [1.807, 2.05) is 0 Å². The van der Waals surface area contributed by atoms with Crippen molar-refractivity contribution in [3.8, 4) is 0 Å². The van der Waals surface area contributed by atoms with Crippen LogP contribution in [-0.4, -0.2) is 57.9 Å². The zero-order valence-electron chi connectivity index (χ0n) is 11.4. The smallest absolute Gasteiger partial charge is 0.326 e. The fourth-order valence-corrected chi connectivity index (χ4v) is 2.66. The molecule has 0 aliphatic carbocycles. The van der Waals surface area contributed by atoms with Crippen LogP contribution in [0.5, 0.6) is 0 Å². The van der Waals surface area contributed by atoms with Gasteiger partial charge in [-0.3, -0.25) is 9.89 Å². The van der Waals surface area contributed by atoms with E-state index < -0.39 is 12.0 Å². The summed E-state index contributed by atoms with van der Waals surface area (Å²) >= 11 is 0. The van der Waals surface area contributed by atoms with E-state index in [4.69, 9.17) is 4.74 Å². The minimum absolute atomic E-state index is 0.245. The van der Waals surface area contributed by atoms with Gasteiger partial charge in [-0.15, -0.1) is 0 Å². The monoisotopic (exact) mass is 289 g/mol. The number of methoxy groups -OCH3 is 1. The molecule has 0 bridgehead atoms. The topological polar surface area (TPSA) is 95.5 Å². The summed E-state index contributed by atoms with van der Waals surface area (Å²) in [6.45, 7) is 0.285. The van der Waals surface area contributed by atoms with Crippen LogP contribution in [0.1, 0.15) is 16.8 Å².